The zero-order chi connectivity index (χ0) is 14.1. The smallest absolute Gasteiger partial charge is 0.122 e. The van der Waals surface area contributed by atoms with Gasteiger partial charge in [0.1, 0.15) is 5.82 Å². The van der Waals surface area contributed by atoms with E-state index in [0.717, 1.165) is 41.0 Å². The standard InChI is InChI=1S/C15H18BrN3O/c1-10-8-13(6-7-20-10)19-15(17)9-14(18-19)11-2-4-12(16)5-3-11/h2-5,9-10,13H,6-8,17H2,1H3. The van der Waals surface area contributed by atoms with Crippen molar-refractivity contribution >= 4 is 21.7 Å². The molecule has 0 radical (unpaired) electrons. The number of ether oxygens (including phenoxy) is 1. The Morgan fingerprint density at radius 3 is 2.80 bits per heavy atom. The molecule has 0 amide bonds. The highest BCUT2D eigenvalue weighted by atomic mass is 79.9. The fraction of sp³-hybridized carbons (Fsp3) is 0.400. The van der Waals surface area contributed by atoms with Crippen molar-refractivity contribution in [3.63, 3.8) is 0 Å². The molecule has 0 spiro atoms. The topological polar surface area (TPSA) is 53.1 Å². The maximum Gasteiger partial charge on any atom is 0.122 e. The number of nitrogen functional groups attached to an aromatic ring is 1. The van der Waals surface area contributed by atoms with Crippen LogP contribution in [0.1, 0.15) is 25.8 Å². The molecule has 1 aromatic heterocycles. The average Bonchev–Trinajstić information content (AvgIpc) is 2.82. The van der Waals surface area contributed by atoms with Gasteiger partial charge in [-0.15, -0.1) is 0 Å². The molecule has 1 aromatic carbocycles. The second-order valence-corrected chi connectivity index (χ2v) is 6.18. The summed E-state index contributed by atoms with van der Waals surface area (Å²) in [6.07, 6.45) is 2.20. The zero-order valence-corrected chi connectivity index (χ0v) is 13.0. The molecule has 1 aliphatic heterocycles. The van der Waals surface area contributed by atoms with Gasteiger partial charge >= 0.3 is 0 Å². The predicted octanol–water partition coefficient (Wildman–Crippen LogP) is 3.63. The zero-order valence-electron chi connectivity index (χ0n) is 11.4. The third-order valence-electron chi connectivity index (χ3n) is 3.71. The fourth-order valence-electron chi connectivity index (χ4n) is 2.66. The van der Waals surface area contributed by atoms with Gasteiger partial charge in [0, 0.05) is 22.7 Å². The van der Waals surface area contributed by atoms with Crippen LogP contribution in [0, 0.1) is 0 Å². The minimum absolute atomic E-state index is 0.272. The summed E-state index contributed by atoms with van der Waals surface area (Å²) >= 11 is 3.44. The number of halogens is 1. The van der Waals surface area contributed by atoms with Crippen LogP contribution in [0.2, 0.25) is 0 Å². The van der Waals surface area contributed by atoms with E-state index in [9.17, 15) is 0 Å². The lowest BCUT2D eigenvalue weighted by molar-refractivity contribution is 0.00403. The number of rotatable bonds is 2. The van der Waals surface area contributed by atoms with E-state index in [1.165, 1.54) is 0 Å². The van der Waals surface area contributed by atoms with Crippen LogP contribution in [0.5, 0.6) is 0 Å². The Morgan fingerprint density at radius 1 is 1.35 bits per heavy atom. The Hall–Kier alpha value is -1.33. The van der Waals surface area contributed by atoms with Crippen molar-refractivity contribution in [3.05, 3.63) is 34.8 Å². The van der Waals surface area contributed by atoms with E-state index >= 15 is 0 Å². The lowest BCUT2D eigenvalue weighted by atomic mass is 10.0. The van der Waals surface area contributed by atoms with Crippen LogP contribution in [-0.2, 0) is 4.74 Å². The van der Waals surface area contributed by atoms with E-state index in [2.05, 4.69) is 28.0 Å². The van der Waals surface area contributed by atoms with Gasteiger partial charge in [0.2, 0.25) is 0 Å². The maximum atomic E-state index is 6.14. The number of nitrogens with two attached hydrogens (primary N) is 1. The van der Waals surface area contributed by atoms with E-state index in [4.69, 9.17) is 10.5 Å². The van der Waals surface area contributed by atoms with Crippen molar-refractivity contribution in [2.45, 2.75) is 31.9 Å². The third kappa shape index (κ3) is 2.74. The molecular weight excluding hydrogens is 318 g/mol. The van der Waals surface area contributed by atoms with Crippen molar-refractivity contribution in [2.24, 2.45) is 0 Å². The molecule has 20 heavy (non-hydrogen) atoms. The van der Waals surface area contributed by atoms with E-state index in [-0.39, 0.29) is 6.10 Å². The summed E-state index contributed by atoms with van der Waals surface area (Å²) < 4.78 is 8.60. The minimum Gasteiger partial charge on any atom is -0.384 e. The van der Waals surface area contributed by atoms with Crippen molar-refractivity contribution in [1.29, 1.82) is 0 Å². The Labute approximate surface area is 127 Å². The van der Waals surface area contributed by atoms with Crippen LogP contribution >= 0.6 is 15.9 Å². The van der Waals surface area contributed by atoms with Crippen LogP contribution in [0.4, 0.5) is 5.82 Å². The Bertz CT molecular complexity index is 594. The number of hydrogen-bond donors (Lipinski definition) is 1. The van der Waals surface area contributed by atoms with Crippen LogP contribution < -0.4 is 5.73 Å². The van der Waals surface area contributed by atoms with Crippen molar-refractivity contribution in [2.75, 3.05) is 12.3 Å². The third-order valence-corrected chi connectivity index (χ3v) is 4.24. The monoisotopic (exact) mass is 335 g/mol. The Kier molecular flexibility index (Phi) is 3.81. The molecule has 0 aliphatic carbocycles. The van der Waals surface area contributed by atoms with E-state index in [0.29, 0.717) is 6.04 Å². The minimum atomic E-state index is 0.272. The molecule has 0 bridgehead atoms. The first kappa shape index (κ1) is 13.6. The summed E-state index contributed by atoms with van der Waals surface area (Å²) in [5, 5.41) is 4.69. The molecule has 0 saturated carbocycles. The second-order valence-electron chi connectivity index (χ2n) is 5.27. The molecule has 2 aromatic rings. The summed E-state index contributed by atoms with van der Waals surface area (Å²) in [6, 6.07) is 10.4. The molecule has 1 fully saturated rings. The first-order valence-electron chi connectivity index (χ1n) is 6.86. The van der Waals surface area contributed by atoms with Gasteiger partial charge in [-0.1, -0.05) is 28.1 Å². The molecule has 2 N–H and O–H groups in total. The van der Waals surface area contributed by atoms with E-state index < -0.39 is 0 Å². The van der Waals surface area contributed by atoms with Crippen molar-refractivity contribution in [3.8, 4) is 11.3 Å². The number of nitrogens with zero attached hydrogens (tertiary/aromatic N) is 2. The van der Waals surface area contributed by atoms with Crippen LogP contribution in [-0.4, -0.2) is 22.5 Å². The lowest BCUT2D eigenvalue weighted by Crippen LogP contribution is -2.26. The molecule has 5 heteroatoms. The molecule has 2 atom stereocenters. The molecule has 2 unspecified atom stereocenters. The fourth-order valence-corrected chi connectivity index (χ4v) is 2.92. The summed E-state index contributed by atoms with van der Waals surface area (Å²) in [6.45, 7) is 2.88. The normalized spacial score (nSPS) is 22.9. The highest BCUT2D eigenvalue weighted by Gasteiger charge is 2.23. The van der Waals surface area contributed by atoms with Gasteiger partial charge in [-0.2, -0.15) is 5.10 Å². The largest absolute Gasteiger partial charge is 0.384 e. The maximum absolute atomic E-state index is 6.14. The Morgan fingerprint density at radius 2 is 2.10 bits per heavy atom. The van der Waals surface area contributed by atoms with Crippen molar-refractivity contribution < 1.29 is 4.74 Å². The molecule has 4 nitrogen and oxygen atoms in total. The number of hydrogen-bond acceptors (Lipinski definition) is 3. The molecule has 106 valence electrons. The summed E-state index contributed by atoms with van der Waals surface area (Å²) in [5.41, 5.74) is 8.14. The molecule has 1 aliphatic rings. The Balaban J connectivity index is 1.88. The van der Waals surface area contributed by atoms with Crippen LogP contribution in [0.3, 0.4) is 0 Å². The highest BCUT2D eigenvalue weighted by Crippen LogP contribution is 2.30. The summed E-state index contributed by atoms with van der Waals surface area (Å²) in [4.78, 5) is 0. The number of benzene rings is 1. The highest BCUT2D eigenvalue weighted by molar-refractivity contribution is 9.10. The van der Waals surface area contributed by atoms with Gasteiger partial charge in [-0.05, 0) is 31.9 Å². The van der Waals surface area contributed by atoms with Crippen LogP contribution in [0.25, 0.3) is 11.3 Å². The SMILES string of the molecule is CC1CC(n2nc(-c3ccc(Br)cc3)cc2N)CCO1. The number of aromatic nitrogens is 2. The molecule has 2 heterocycles. The molecule has 1 saturated heterocycles. The first-order valence-corrected chi connectivity index (χ1v) is 7.65. The first-order chi connectivity index (χ1) is 9.63. The lowest BCUT2D eigenvalue weighted by Gasteiger charge is -2.28. The van der Waals surface area contributed by atoms with Crippen LogP contribution in [0.15, 0.2) is 34.8 Å². The van der Waals surface area contributed by atoms with Gasteiger partial charge in [0.05, 0.1) is 17.8 Å². The van der Waals surface area contributed by atoms with Gasteiger partial charge < -0.3 is 10.5 Å². The van der Waals surface area contributed by atoms with Gasteiger partial charge in [-0.25, -0.2) is 4.68 Å². The predicted molar refractivity (Wildman–Crippen MR) is 83.5 cm³/mol. The van der Waals surface area contributed by atoms with Gasteiger partial charge in [0.15, 0.2) is 0 Å². The van der Waals surface area contributed by atoms with Gasteiger partial charge in [-0.3, -0.25) is 0 Å². The average molecular weight is 336 g/mol. The number of anilines is 1. The molecular formula is C15H18BrN3O. The van der Waals surface area contributed by atoms with Crippen molar-refractivity contribution in [1.82, 2.24) is 9.78 Å². The second kappa shape index (κ2) is 5.58. The van der Waals surface area contributed by atoms with Gasteiger partial charge in [0.25, 0.3) is 0 Å². The van der Waals surface area contributed by atoms with E-state index in [1.807, 2.05) is 35.0 Å². The summed E-state index contributed by atoms with van der Waals surface area (Å²) in [5.74, 6) is 0.724. The summed E-state index contributed by atoms with van der Waals surface area (Å²) in [7, 11) is 0. The quantitative estimate of drug-likeness (QED) is 0.911. The van der Waals surface area contributed by atoms with E-state index in [1.54, 1.807) is 0 Å². The molecule has 3 rings (SSSR count).